The van der Waals surface area contributed by atoms with E-state index in [-0.39, 0.29) is 52.7 Å². The lowest BCUT2D eigenvalue weighted by Gasteiger charge is -2.46. The molecule has 0 spiro atoms. The van der Waals surface area contributed by atoms with Gasteiger partial charge in [-0.2, -0.15) is 19.9 Å². The predicted molar refractivity (Wildman–Crippen MR) is 193 cm³/mol. The van der Waals surface area contributed by atoms with E-state index in [1.807, 2.05) is 23.1 Å². The Morgan fingerprint density at radius 1 is 0.704 bits per heavy atom. The molecular formula is C38H36Cl2F2N10O2. The molecule has 5 unspecified atom stereocenters. The first-order valence-electron chi connectivity index (χ1n) is 18.5. The van der Waals surface area contributed by atoms with Gasteiger partial charge in [-0.05, 0) is 105 Å². The molecule has 2 aliphatic carbocycles. The van der Waals surface area contributed by atoms with Crippen LogP contribution in [0, 0.1) is 46.1 Å². The standard InChI is InChI=1S/C38H36Cl2F2N10O2/c39-25-17-24(18-26(40)33(25)35-31(19-43)51(47-45-35)37(53)49-14-4-7-21-6-1-2-11-29(21)49)22-12-13-30-23(16-22)8-5-15-50(30)38(54)52-32(20-44)36(46-48-52)34-27(41)9-3-10-28(34)42/h3,9-10,17-18,21-23,29-30H,1-2,4-8,11-16H2. The summed E-state index contributed by atoms with van der Waals surface area (Å²) in [5, 5.41) is 36.8. The highest BCUT2D eigenvalue weighted by Crippen LogP contribution is 2.46. The molecule has 54 heavy (non-hydrogen) atoms. The van der Waals surface area contributed by atoms with Gasteiger partial charge in [0.25, 0.3) is 0 Å². The Kier molecular flexibility index (Phi) is 9.84. The van der Waals surface area contributed by atoms with Crippen molar-refractivity contribution in [2.75, 3.05) is 13.1 Å². The Bertz CT molecular complexity index is 2180. The number of nitriles is 2. The van der Waals surface area contributed by atoms with E-state index in [1.165, 1.54) is 12.5 Å². The normalized spacial score (nSPS) is 23.9. The Labute approximate surface area is 320 Å². The fourth-order valence-corrected chi connectivity index (χ4v) is 10.1. The summed E-state index contributed by atoms with van der Waals surface area (Å²) in [6.07, 6.45) is 10.00. The Hall–Kier alpha value is -4.92. The molecule has 0 radical (unpaired) electrons. The van der Waals surface area contributed by atoms with Crippen LogP contribution < -0.4 is 0 Å². The van der Waals surface area contributed by atoms with Crippen LogP contribution in [0.3, 0.4) is 0 Å². The van der Waals surface area contributed by atoms with Crippen molar-refractivity contribution >= 4 is 35.3 Å². The molecule has 2 aromatic heterocycles. The predicted octanol–water partition coefficient (Wildman–Crippen LogP) is 8.17. The summed E-state index contributed by atoms with van der Waals surface area (Å²) < 4.78 is 31.1. The third-order valence-corrected chi connectivity index (χ3v) is 12.5. The second-order valence-electron chi connectivity index (χ2n) is 14.8. The van der Waals surface area contributed by atoms with Crippen molar-refractivity contribution in [1.29, 1.82) is 10.5 Å². The maximum atomic E-state index is 14.6. The molecule has 278 valence electrons. The lowest BCUT2D eigenvalue weighted by Crippen LogP contribution is -2.52. The summed E-state index contributed by atoms with van der Waals surface area (Å²) in [5.74, 6) is -1.17. The number of fused-ring (bicyclic) bond motifs is 2. The number of benzene rings is 2. The van der Waals surface area contributed by atoms with Crippen LogP contribution >= 0.6 is 23.2 Å². The number of hydrogen-bond acceptors (Lipinski definition) is 8. The maximum absolute atomic E-state index is 14.6. The van der Waals surface area contributed by atoms with Gasteiger partial charge in [-0.1, -0.05) is 52.5 Å². The van der Waals surface area contributed by atoms with Gasteiger partial charge in [0.1, 0.15) is 35.2 Å². The number of likely N-dealkylation sites (tertiary alicyclic amines) is 2. The van der Waals surface area contributed by atoms with E-state index in [9.17, 15) is 28.9 Å². The number of carbonyl (C=O) groups excluding carboxylic acids is 2. The summed E-state index contributed by atoms with van der Waals surface area (Å²) in [5.41, 5.74) is 0.217. The molecule has 16 heteroatoms. The quantitative estimate of drug-likeness (QED) is 0.202. The number of nitrogens with zero attached hydrogens (tertiary/aromatic N) is 10. The topological polar surface area (TPSA) is 150 Å². The molecule has 12 nitrogen and oxygen atoms in total. The minimum atomic E-state index is -0.910. The molecule has 4 heterocycles. The molecule has 0 N–H and O–H groups in total. The monoisotopic (exact) mass is 772 g/mol. The van der Waals surface area contributed by atoms with Gasteiger partial charge in [-0.25, -0.2) is 18.4 Å². The largest absolute Gasteiger partial charge is 0.347 e. The summed E-state index contributed by atoms with van der Waals surface area (Å²) in [7, 11) is 0. The first-order valence-corrected chi connectivity index (χ1v) is 19.2. The fourth-order valence-electron chi connectivity index (χ4n) is 9.45. The lowest BCUT2D eigenvalue weighted by atomic mass is 9.71. The minimum Gasteiger partial charge on any atom is -0.320 e. The minimum absolute atomic E-state index is 0.0138. The highest BCUT2D eigenvalue weighted by molar-refractivity contribution is 6.39. The van der Waals surface area contributed by atoms with Crippen LogP contribution in [0.2, 0.25) is 10.0 Å². The van der Waals surface area contributed by atoms with Crippen LogP contribution in [0.1, 0.15) is 93.5 Å². The van der Waals surface area contributed by atoms with E-state index in [1.54, 1.807) is 4.90 Å². The average molecular weight is 774 g/mol. The van der Waals surface area contributed by atoms with E-state index in [0.717, 1.165) is 78.4 Å². The highest BCUT2D eigenvalue weighted by Gasteiger charge is 2.42. The second-order valence-corrected chi connectivity index (χ2v) is 15.6. The Morgan fingerprint density at radius 2 is 1.22 bits per heavy atom. The van der Waals surface area contributed by atoms with E-state index in [0.29, 0.717) is 47.5 Å². The van der Waals surface area contributed by atoms with Crippen LogP contribution in [-0.2, 0) is 0 Å². The molecule has 5 atom stereocenters. The van der Waals surface area contributed by atoms with Crippen molar-refractivity contribution in [1.82, 2.24) is 39.8 Å². The van der Waals surface area contributed by atoms with Gasteiger partial charge >= 0.3 is 12.1 Å². The number of halogens is 4. The van der Waals surface area contributed by atoms with E-state index in [4.69, 9.17) is 23.2 Å². The molecule has 2 saturated carbocycles. The van der Waals surface area contributed by atoms with Crippen LogP contribution in [0.5, 0.6) is 0 Å². The number of amides is 2. The van der Waals surface area contributed by atoms with Crippen molar-refractivity contribution in [2.45, 2.75) is 88.6 Å². The molecular weight excluding hydrogens is 737 g/mol. The zero-order valence-electron chi connectivity index (χ0n) is 29.3. The Balaban J connectivity index is 1.00. The highest BCUT2D eigenvalue weighted by atomic mass is 35.5. The number of carbonyl (C=O) groups is 2. The van der Waals surface area contributed by atoms with Gasteiger partial charge in [-0.3, -0.25) is 0 Å². The fraction of sp³-hybridized carbons (Fsp3) is 0.474. The van der Waals surface area contributed by atoms with Crippen LogP contribution in [0.4, 0.5) is 18.4 Å². The van der Waals surface area contributed by atoms with E-state index in [2.05, 4.69) is 26.7 Å². The number of piperidine rings is 2. The Morgan fingerprint density at radius 3 is 1.81 bits per heavy atom. The lowest BCUT2D eigenvalue weighted by molar-refractivity contribution is 0.0762. The zero-order chi connectivity index (χ0) is 37.7. The van der Waals surface area contributed by atoms with Gasteiger partial charge in [0.05, 0.1) is 15.6 Å². The van der Waals surface area contributed by atoms with Crippen molar-refractivity contribution in [3.63, 3.8) is 0 Å². The molecule has 8 rings (SSSR count). The first-order chi connectivity index (χ1) is 26.2. The molecule has 2 saturated heterocycles. The molecule has 2 aromatic carbocycles. The number of rotatable bonds is 3. The van der Waals surface area contributed by atoms with Gasteiger partial charge in [0.2, 0.25) is 0 Å². The second kappa shape index (κ2) is 14.7. The van der Waals surface area contributed by atoms with E-state index < -0.39 is 23.2 Å². The summed E-state index contributed by atoms with van der Waals surface area (Å²) >= 11 is 13.8. The van der Waals surface area contributed by atoms with Gasteiger partial charge in [0, 0.05) is 30.7 Å². The third kappa shape index (κ3) is 6.19. The number of aromatic nitrogens is 6. The summed E-state index contributed by atoms with van der Waals surface area (Å²) in [6, 6.07) is 10.0. The van der Waals surface area contributed by atoms with Crippen molar-refractivity contribution in [3.05, 3.63) is 69.0 Å². The van der Waals surface area contributed by atoms with Crippen molar-refractivity contribution in [3.8, 4) is 34.7 Å². The molecule has 4 aromatic rings. The van der Waals surface area contributed by atoms with Gasteiger partial charge < -0.3 is 9.80 Å². The molecule has 4 fully saturated rings. The summed E-state index contributed by atoms with van der Waals surface area (Å²) in [6.45, 7) is 1.05. The van der Waals surface area contributed by atoms with E-state index >= 15 is 0 Å². The number of hydrogen-bond donors (Lipinski definition) is 0. The molecule has 4 aliphatic rings. The SMILES string of the molecule is N#Cc1c(-c2c(F)cccc2F)nnn1C(=O)N1CCCC2CC(c3cc(Cl)c(-c4nnn(C(=O)N5CCCC6CCCCC65)c4C#N)c(Cl)c3)CCC21. The van der Waals surface area contributed by atoms with Crippen molar-refractivity contribution < 1.29 is 18.4 Å². The van der Waals surface area contributed by atoms with Crippen LogP contribution in [0.25, 0.3) is 22.5 Å². The van der Waals surface area contributed by atoms with Crippen LogP contribution in [0.15, 0.2) is 30.3 Å². The third-order valence-electron chi connectivity index (χ3n) is 11.9. The molecule has 2 aliphatic heterocycles. The molecule has 2 amide bonds. The first kappa shape index (κ1) is 36.1. The summed E-state index contributed by atoms with van der Waals surface area (Å²) in [4.78, 5) is 31.2. The van der Waals surface area contributed by atoms with Gasteiger partial charge in [-0.15, -0.1) is 10.2 Å². The average Bonchev–Trinajstić information content (AvgIpc) is 3.80. The smallest absolute Gasteiger partial charge is 0.320 e. The maximum Gasteiger partial charge on any atom is 0.347 e. The van der Waals surface area contributed by atoms with Gasteiger partial charge in [0.15, 0.2) is 11.4 Å². The van der Waals surface area contributed by atoms with Crippen LogP contribution in [-0.4, -0.2) is 77.0 Å². The zero-order valence-corrected chi connectivity index (χ0v) is 30.8. The molecule has 0 bridgehead atoms. The van der Waals surface area contributed by atoms with Crippen molar-refractivity contribution in [2.24, 2.45) is 11.8 Å².